The van der Waals surface area contributed by atoms with E-state index in [1.54, 1.807) is 18.2 Å². The van der Waals surface area contributed by atoms with Crippen LogP contribution in [-0.4, -0.2) is 43.5 Å². The van der Waals surface area contributed by atoms with Gasteiger partial charge < -0.3 is 29.2 Å². The predicted molar refractivity (Wildman–Crippen MR) is 104 cm³/mol. The summed E-state index contributed by atoms with van der Waals surface area (Å²) in [6.45, 7) is 0. The first-order valence-electron chi connectivity index (χ1n) is 8.57. The smallest absolute Gasteiger partial charge is 0.331 e. The number of ether oxygens (including phenoxy) is 4. The van der Waals surface area contributed by atoms with Crippen molar-refractivity contribution in [1.29, 1.82) is 0 Å². The summed E-state index contributed by atoms with van der Waals surface area (Å²) < 4.78 is 20.5. The molecule has 0 heterocycles. The minimum Gasteiger partial charge on any atom is -0.504 e. The number of esters is 2. The molecule has 0 radical (unpaired) electrons. The number of aromatic hydroxyl groups is 2. The van der Waals surface area contributed by atoms with E-state index in [2.05, 4.69) is 4.74 Å². The van der Waals surface area contributed by atoms with Crippen molar-refractivity contribution < 1.29 is 38.7 Å². The molecular formula is C21H22O8. The van der Waals surface area contributed by atoms with Gasteiger partial charge in [0.05, 0.1) is 27.8 Å². The molecule has 2 rings (SSSR count). The standard InChI is InChI=1S/C21H22O8/c1-26-17-8-6-14(11-19(17)27-2)18(12-21(25)28-3)29-20(24)9-5-13-4-7-15(22)16(23)10-13/h4-11,18,22-23H,12H2,1-3H3/b9-5+. The molecule has 0 aliphatic heterocycles. The van der Waals surface area contributed by atoms with Crippen LogP contribution in [0.15, 0.2) is 42.5 Å². The van der Waals surface area contributed by atoms with Gasteiger partial charge in [0, 0.05) is 6.08 Å². The molecule has 2 aromatic carbocycles. The lowest BCUT2D eigenvalue weighted by Crippen LogP contribution is -2.15. The van der Waals surface area contributed by atoms with E-state index >= 15 is 0 Å². The summed E-state index contributed by atoms with van der Waals surface area (Å²) in [7, 11) is 4.21. The molecule has 0 fully saturated rings. The molecule has 0 spiro atoms. The Balaban J connectivity index is 2.21. The summed E-state index contributed by atoms with van der Waals surface area (Å²) in [6.07, 6.45) is 1.46. The van der Waals surface area contributed by atoms with Gasteiger partial charge in [-0.1, -0.05) is 12.1 Å². The molecule has 29 heavy (non-hydrogen) atoms. The van der Waals surface area contributed by atoms with Crippen LogP contribution in [0.2, 0.25) is 0 Å². The predicted octanol–water partition coefficient (Wildman–Crippen LogP) is 2.98. The Kier molecular flexibility index (Phi) is 7.47. The summed E-state index contributed by atoms with van der Waals surface area (Å²) in [5, 5.41) is 18.8. The van der Waals surface area contributed by atoms with Gasteiger partial charge in [0.25, 0.3) is 0 Å². The molecule has 0 amide bonds. The Morgan fingerprint density at radius 3 is 2.31 bits per heavy atom. The minimum atomic E-state index is -0.910. The maximum atomic E-state index is 12.3. The molecule has 0 aliphatic carbocycles. The van der Waals surface area contributed by atoms with Crippen molar-refractivity contribution in [3.63, 3.8) is 0 Å². The lowest BCUT2D eigenvalue weighted by Gasteiger charge is -2.18. The number of methoxy groups -OCH3 is 3. The van der Waals surface area contributed by atoms with Crippen LogP contribution >= 0.6 is 0 Å². The van der Waals surface area contributed by atoms with Crippen molar-refractivity contribution in [2.45, 2.75) is 12.5 Å². The maximum Gasteiger partial charge on any atom is 0.331 e. The first kappa shape index (κ1) is 21.6. The van der Waals surface area contributed by atoms with E-state index < -0.39 is 18.0 Å². The largest absolute Gasteiger partial charge is 0.504 e. The van der Waals surface area contributed by atoms with Crippen LogP contribution in [0, 0.1) is 0 Å². The number of rotatable bonds is 8. The highest BCUT2D eigenvalue weighted by Gasteiger charge is 2.22. The molecule has 0 aliphatic rings. The van der Waals surface area contributed by atoms with Gasteiger partial charge in [0.2, 0.25) is 0 Å². The molecule has 8 heteroatoms. The highest BCUT2D eigenvalue weighted by Crippen LogP contribution is 2.32. The van der Waals surface area contributed by atoms with Crippen LogP contribution in [0.3, 0.4) is 0 Å². The van der Waals surface area contributed by atoms with E-state index in [1.165, 1.54) is 45.6 Å². The Hall–Kier alpha value is -3.68. The van der Waals surface area contributed by atoms with Crippen LogP contribution in [0.1, 0.15) is 23.7 Å². The van der Waals surface area contributed by atoms with E-state index in [1.807, 2.05) is 0 Å². The van der Waals surface area contributed by atoms with Crippen LogP contribution < -0.4 is 9.47 Å². The molecule has 2 aromatic rings. The third-order valence-electron chi connectivity index (χ3n) is 4.03. The highest BCUT2D eigenvalue weighted by atomic mass is 16.6. The van der Waals surface area contributed by atoms with Gasteiger partial charge in [-0.25, -0.2) is 4.79 Å². The summed E-state index contributed by atoms with van der Waals surface area (Å²) >= 11 is 0. The zero-order valence-electron chi connectivity index (χ0n) is 16.2. The van der Waals surface area contributed by atoms with Crippen LogP contribution in [-0.2, 0) is 19.1 Å². The topological polar surface area (TPSA) is 112 Å². The molecule has 8 nitrogen and oxygen atoms in total. The van der Waals surface area contributed by atoms with E-state index in [-0.39, 0.29) is 17.9 Å². The van der Waals surface area contributed by atoms with Gasteiger partial charge in [-0.2, -0.15) is 0 Å². The number of benzene rings is 2. The fraction of sp³-hybridized carbons (Fsp3) is 0.238. The first-order chi connectivity index (χ1) is 13.9. The number of hydrogen-bond acceptors (Lipinski definition) is 8. The molecule has 2 N–H and O–H groups in total. The van der Waals surface area contributed by atoms with E-state index in [4.69, 9.17) is 14.2 Å². The first-order valence-corrected chi connectivity index (χ1v) is 8.57. The van der Waals surface area contributed by atoms with Gasteiger partial charge >= 0.3 is 11.9 Å². The monoisotopic (exact) mass is 402 g/mol. The third kappa shape index (κ3) is 5.90. The molecule has 1 atom stereocenters. The van der Waals surface area contributed by atoms with E-state index in [0.717, 1.165) is 6.08 Å². The van der Waals surface area contributed by atoms with Gasteiger partial charge in [0.15, 0.2) is 23.0 Å². The number of carbonyl (C=O) groups excluding carboxylic acids is 2. The lowest BCUT2D eigenvalue weighted by molar-refractivity contribution is -0.150. The zero-order chi connectivity index (χ0) is 21.4. The van der Waals surface area contributed by atoms with Gasteiger partial charge in [0.1, 0.15) is 6.10 Å². The van der Waals surface area contributed by atoms with Crippen molar-refractivity contribution in [1.82, 2.24) is 0 Å². The number of phenolic OH excluding ortho intramolecular Hbond substituents is 2. The molecule has 0 aromatic heterocycles. The van der Waals surface area contributed by atoms with Crippen molar-refractivity contribution in [2.24, 2.45) is 0 Å². The summed E-state index contributed by atoms with van der Waals surface area (Å²) in [5.74, 6) is -0.922. The molecule has 0 saturated carbocycles. The fourth-order valence-electron chi connectivity index (χ4n) is 2.50. The van der Waals surface area contributed by atoms with Gasteiger partial charge in [-0.05, 0) is 41.5 Å². The normalized spacial score (nSPS) is 11.7. The average Bonchev–Trinajstić information content (AvgIpc) is 2.73. The lowest BCUT2D eigenvalue weighted by atomic mass is 10.1. The van der Waals surface area contributed by atoms with Gasteiger partial charge in [-0.3, -0.25) is 4.79 Å². The number of hydrogen-bond donors (Lipinski definition) is 2. The molecular weight excluding hydrogens is 380 g/mol. The Labute approximate surface area is 167 Å². The van der Waals surface area contributed by atoms with Gasteiger partial charge in [-0.15, -0.1) is 0 Å². The quantitative estimate of drug-likeness (QED) is 0.394. The molecule has 0 saturated heterocycles. The van der Waals surface area contributed by atoms with Crippen molar-refractivity contribution >= 4 is 18.0 Å². The van der Waals surface area contributed by atoms with E-state index in [0.29, 0.717) is 22.6 Å². The Morgan fingerprint density at radius 1 is 0.966 bits per heavy atom. The van der Waals surface area contributed by atoms with Crippen LogP contribution in [0.25, 0.3) is 6.08 Å². The summed E-state index contributed by atoms with van der Waals surface area (Å²) in [5.41, 5.74) is 1.00. The van der Waals surface area contributed by atoms with E-state index in [9.17, 15) is 19.8 Å². The second-order valence-corrected chi connectivity index (χ2v) is 5.90. The zero-order valence-corrected chi connectivity index (χ0v) is 16.2. The third-order valence-corrected chi connectivity index (χ3v) is 4.03. The summed E-state index contributed by atoms with van der Waals surface area (Å²) in [6, 6.07) is 9.01. The maximum absolute atomic E-state index is 12.3. The molecule has 0 bridgehead atoms. The Morgan fingerprint density at radius 2 is 1.69 bits per heavy atom. The highest BCUT2D eigenvalue weighted by molar-refractivity contribution is 5.87. The average molecular weight is 402 g/mol. The molecule has 1 unspecified atom stereocenters. The summed E-state index contributed by atoms with van der Waals surface area (Å²) in [4.78, 5) is 24.0. The number of phenols is 2. The molecule has 154 valence electrons. The van der Waals surface area contributed by atoms with Crippen molar-refractivity contribution in [2.75, 3.05) is 21.3 Å². The second kappa shape index (κ2) is 10.0. The van der Waals surface area contributed by atoms with Crippen molar-refractivity contribution in [3.05, 3.63) is 53.6 Å². The Bertz CT molecular complexity index is 904. The van der Waals surface area contributed by atoms with Crippen LogP contribution in [0.4, 0.5) is 0 Å². The fourth-order valence-corrected chi connectivity index (χ4v) is 2.50. The number of carbonyl (C=O) groups is 2. The minimum absolute atomic E-state index is 0.189. The van der Waals surface area contributed by atoms with Crippen molar-refractivity contribution in [3.8, 4) is 23.0 Å². The SMILES string of the molecule is COC(=O)CC(OC(=O)/C=C/c1ccc(O)c(O)c1)c1ccc(OC)c(OC)c1. The van der Waals surface area contributed by atoms with Crippen LogP contribution in [0.5, 0.6) is 23.0 Å². The second-order valence-electron chi connectivity index (χ2n) is 5.90.